The molecule has 0 aliphatic carbocycles. The third-order valence-electron chi connectivity index (χ3n) is 4.38. The van der Waals surface area contributed by atoms with E-state index >= 15 is 0 Å². The van der Waals surface area contributed by atoms with Crippen LogP contribution in [-0.2, 0) is 20.9 Å². The van der Waals surface area contributed by atoms with Crippen molar-refractivity contribution < 1.29 is 14.4 Å². The highest BCUT2D eigenvalue weighted by Gasteiger charge is 2.34. The van der Waals surface area contributed by atoms with Gasteiger partial charge in [0.25, 0.3) is 0 Å². The van der Waals surface area contributed by atoms with Gasteiger partial charge in [-0.05, 0) is 12.0 Å². The molecule has 0 aromatic heterocycles. The Morgan fingerprint density at radius 3 is 2.60 bits per heavy atom. The lowest BCUT2D eigenvalue weighted by molar-refractivity contribution is -0.131. The molecular formula is C19H27N3O3. The van der Waals surface area contributed by atoms with Gasteiger partial charge in [-0.15, -0.1) is 0 Å². The zero-order valence-corrected chi connectivity index (χ0v) is 14.8. The zero-order valence-electron chi connectivity index (χ0n) is 14.8. The summed E-state index contributed by atoms with van der Waals surface area (Å²) in [6.45, 7) is 3.00. The van der Waals surface area contributed by atoms with Gasteiger partial charge >= 0.3 is 0 Å². The molecule has 3 amide bonds. The maximum absolute atomic E-state index is 12.2. The summed E-state index contributed by atoms with van der Waals surface area (Å²) >= 11 is 0. The number of hydrogen-bond donors (Lipinski definition) is 2. The quantitative estimate of drug-likeness (QED) is 0.560. The minimum absolute atomic E-state index is 0.0325. The van der Waals surface area contributed by atoms with Crippen LogP contribution >= 0.6 is 0 Å². The molecule has 2 rings (SSSR count). The zero-order chi connectivity index (χ0) is 18.1. The average Bonchev–Trinajstić information content (AvgIpc) is 2.98. The van der Waals surface area contributed by atoms with Gasteiger partial charge in [-0.25, -0.2) is 0 Å². The fraction of sp³-hybridized carbons (Fsp3) is 0.526. The molecule has 1 saturated heterocycles. The number of likely N-dealkylation sites (tertiary alicyclic amines) is 1. The normalized spacial score (nSPS) is 16.8. The van der Waals surface area contributed by atoms with Gasteiger partial charge in [0, 0.05) is 25.9 Å². The summed E-state index contributed by atoms with van der Waals surface area (Å²) in [6.07, 6.45) is 4.66. The van der Waals surface area contributed by atoms with Gasteiger partial charge in [0.05, 0.1) is 5.92 Å². The Hall–Kier alpha value is -2.37. The number of nitrogens with one attached hydrogen (secondary N) is 2. The van der Waals surface area contributed by atoms with E-state index in [-0.39, 0.29) is 24.1 Å². The van der Waals surface area contributed by atoms with Gasteiger partial charge in [0.2, 0.25) is 17.7 Å². The first kappa shape index (κ1) is 19.0. The van der Waals surface area contributed by atoms with E-state index in [9.17, 15) is 14.4 Å². The lowest BCUT2D eigenvalue weighted by Crippen LogP contribution is -2.45. The highest BCUT2D eigenvalue weighted by molar-refractivity contribution is 5.90. The molecule has 1 aliphatic rings. The molecule has 1 heterocycles. The van der Waals surface area contributed by atoms with Crippen LogP contribution in [0.5, 0.6) is 0 Å². The summed E-state index contributed by atoms with van der Waals surface area (Å²) in [5.74, 6) is -0.938. The molecule has 1 fully saturated rings. The van der Waals surface area contributed by atoms with Crippen molar-refractivity contribution in [2.75, 3.05) is 6.54 Å². The molecule has 1 aliphatic heterocycles. The Kier molecular flexibility index (Phi) is 7.44. The number of hydrogen-bond acceptors (Lipinski definition) is 3. The summed E-state index contributed by atoms with van der Waals surface area (Å²) in [7, 11) is 0. The molecule has 0 saturated carbocycles. The van der Waals surface area contributed by atoms with Crippen LogP contribution in [0.3, 0.4) is 0 Å². The van der Waals surface area contributed by atoms with Crippen molar-refractivity contribution in [2.45, 2.75) is 52.0 Å². The van der Waals surface area contributed by atoms with Crippen LogP contribution in [0.2, 0.25) is 0 Å². The van der Waals surface area contributed by atoms with E-state index in [0.717, 1.165) is 31.2 Å². The fourth-order valence-electron chi connectivity index (χ4n) is 2.91. The average molecular weight is 345 g/mol. The van der Waals surface area contributed by atoms with Gasteiger partial charge in [-0.1, -0.05) is 56.5 Å². The monoisotopic (exact) mass is 345 g/mol. The van der Waals surface area contributed by atoms with Gasteiger partial charge in [0.1, 0.15) is 0 Å². The van der Waals surface area contributed by atoms with Crippen LogP contribution in [0.4, 0.5) is 0 Å². The third kappa shape index (κ3) is 6.21. The Balaban J connectivity index is 1.72. The van der Waals surface area contributed by atoms with Crippen molar-refractivity contribution in [3.63, 3.8) is 0 Å². The van der Waals surface area contributed by atoms with Crippen LogP contribution in [0.15, 0.2) is 30.3 Å². The molecule has 1 aromatic rings. The minimum Gasteiger partial charge on any atom is -0.338 e. The summed E-state index contributed by atoms with van der Waals surface area (Å²) in [6, 6.07) is 9.70. The maximum atomic E-state index is 12.2. The van der Waals surface area contributed by atoms with Gasteiger partial charge < -0.3 is 4.90 Å². The maximum Gasteiger partial charge on any atom is 0.243 e. The number of nitrogens with zero attached hydrogens (tertiary/aromatic N) is 1. The largest absolute Gasteiger partial charge is 0.338 e. The summed E-state index contributed by atoms with van der Waals surface area (Å²) in [5.41, 5.74) is 5.94. The molecule has 1 atom stereocenters. The number of hydrazine groups is 1. The van der Waals surface area contributed by atoms with E-state index in [1.165, 1.54) is 0 Å². The van der Waals surface area contributed by atoms with Gasteiger partial charge in [0.15, 0.2) is 0 Å². The number of amides is 3. The standard InChI is InChI=1S/C19H27N3O3/c1-2-3-4-8-11-17(23)20-21-19(25)16-12-18(24)22(14-16)13-15-9-6-5-7-10-15/h5-7,9-10,16H,2-4,8,11-14H2,1H3,(H,20,23)(H,21,25). The molecule has 25 heavy (non-hydrogen) atoms. The van der Waals surface area contributed by atoms with Crippen LogP contribution in [0, 0.1) is 5.92 Å². The second kappa shape index (κ2) is 9.81. The fourth-order valence-corrected chi connectivity index (χ4v) is 2.91. The van der Waals surface area contributed by atoms with Crippen LogP contribution < -0.4 is 10.9 Å². The molecule has 1 unspecified atom stereocenters. The minimum atomic E-state index is -0.420. The van der Waals surface area contributed by atoms with Crippen LogP contribution in [0.1, 0.15) is 51.0 Å². The third-order valence-corrected chi connectivity index (χ3v) is 4.38. The summed E-state index contributed by atoms with van der Waals surface area (Å²) < 4.78 is 0. The SMILES string of the molecule is CCCCCCC(=O)NNC(=O)C1CC(=O)N(Cc2ccccc2)C1. The molecule has 136 valence electrons. The smallest absolute Gasteiger partial charge is 0.243 e. The van der Waals surface area contributed by atoms with Gasteiger partial charge in [-0.2, -0.15) is 0 Å². The predicted octanol–water partition coefficient (Wildman–Crippen LogP) is 2.15. The number of rotatable bonds is 8. The highest BCUT2D eigenvalue weighted by Crippen LogP contribution is 2.20. The van der Waals surface area contributed by atoms with Crippen LogP contribution in [0.25, 0.3) is 0 Å². The highest BCUT2D eigenvalue weighted by atomic mass is 16.2. The predicted molar refractivity (Wildman–Crippen MR) is 95.0 cm³/mol. The van der Waals surface area contributed by atoms with Crippen molar-refractivity contribution in [3.8, 4) is 0 Å². The Morgan fingerprint density at radius 2 is 1.88 bits per heavy atom. The van der Waals surface area contributed by atoms with Crippen molar-refractivity contribution in [1.29, 1.82) is 0 Å². The van der Waals surface area contributed by atoms with E-state index in [1.54, 1.807) is 4.90 Å². The Bertz CT molecular complexity index is 589. The number of unbranched alkanes of at least 4 members (excludes halogenated alkanes) is 3. The van der Waals surface area contributed by atoms with E-state index < -0.39 is 5.92 Å². The molecule has 0 spiro atoms. The topological polar surface area (TPSA) is 78.5 Å². The molecule has 6 nitrogen and oxygen atoms in total. The van der Waals surface area contributed by atoms with E-state index in [4.69, 9.17) is 0 Å². The van der Waals surface area contributed by atoms with Crippen molar-refractivity contribution in [2.24, 2.45) is 5.92 Å². The molecular weight excluding hydrogens is 318 g/mol. The first-order valence-electron chi connectivity index (χ1n) is 9.00. The molecule has 1 aromatic carbocycles. The van der Waals surface area contributed by atoms with E-state index in [1.807, 2.05) is 30.3 Å². The molecule has 2 N–H and O–H groups in total. The number of benzene rings is 1. The lowest BCUT2D eigenvalue weighted by Gasteiger charge is -2.16. The first-order valence-corrected chi connectivity index (χ1v) is 9.00. The summed E-state index contributed by atoms with van der Waals surface area (Å²) in [4.78, 5) is 37.6. The summed E-state index contributed by atoms with van der Waals surface area (Å²) in [5, 5.41) is 0. The second-order valence-electron chi connectivity index (χ2n) is 6.51. The van der Waals surface area contributed by atoms with Crippen LogP contribution in [-0.4, -0.2) is 29.2 Å². The van der Waals surface area contributed by atoms with Crippen molar-refractivity contribution >= 4 is 17.7 Å². The van der Waals surface area contributed by atoms with Gasteiger partial charge in [-0.3, -0.25) is 25.2 Å². The molecule has 6 heteroatoms. The number of carbonyl (C=O) groups excluding carboxylic acids is 3. The Morgan fingerprint density at radius 1 is 1.12 bits per heavy atom. The first-order chi connectivity index (χ1) is 12.1. The molecule has 0 bridgehead atoms. The second-order valence-corrected chi connectivity index (χ2v) is 6.51. The number of carbonyl (C=O) groups is 3. The van der Waals surface area contributed by atoms with Crippen molar-refractivity contribution in [3.05, 3.63) is 35.9 Å². The van der Waals surface area contributed by atoms with E-state index in [0.29, 0.717) is 19.5 Å². The lowest BCUT2D eigenvalue weighted by atomic mass is 10.1. The Labute approximate surface area is 148 Å². The van der Waals surface area contributed by atoms with Crippen molar-refractivity contribution in [1.82, 2.24) is 15.8 Å². The molecule has 0 radical (unpaired) electrons. The van der Waals surface area contributed by atoms with E-state index in [2.05, 4.69) is 17.8 Å².